The lowest BCUT2D eigenvalue weighted by Crippen LogP contribution is -2.27. The van der Waals surface area contributed by atoms with Gasteiger partial charge >= 0.3 is 0 Å². The summed E-state index contributed by atoms with van der Waals surface area (Å²) in [5.74, 6) is 0. The Morgan fingerprint density at radius 1 is 1.62 bits per heavy atom. The summed E-state index contributed by atoms with van der Waals surface area (Å²) < 4.78 is 24.6. The molecule has 0 saturated carbocycles. The molecule has 0 fully saturated rings. The molecule has 0 atom stereocenters. The van der Waals surface area contributed by atoms with Gasteiger partial charge in [0.25, 0.3) is 0 Å². The molecule has 5 nitrogen and oxygen atoms in total. The highest BCUT2D eigenvalue weighted by Gasteiger charge is 2.20. The third kappa shape index (κ3) is 2.07. The zero-order valence-corrected chi connectivity index (χ0v) is 8.50. The lowest BCUT2D eigenvalue weighted by molar-refractivity contribution is 0.468. The first-order valence-electron chi connectivity index (χ1n) is 4.04. The fourth-order valence-corrected chi connectivity index (χ4v) is 2.17. The smallest absolute Gasteiger partial charge is 0.245 e. The molecule has 1 heterocycles. The normalized spacial score (nSPS) is 12.2. The number of hydrogen-bond donors (Lipinski definition) is 1. The van der Waals surface area contributed by atoms with Crippen molar-refractivity contribution in [3.8, 4) is 0 Å². The van der Waals surface area contributed by atoms with Crippen molar-refractivity contribution < 1.29 is 8.42 Å². The van der Waals surface area contributed by atoms with Crippen molar-refractivity contribution in [2.45, 2.75) is 18.2 Å². The maximum atomic E-state index is 11.6. The number of hydrogen-bond acceptors (Lipinski definition) is 3. The molecule has 0 amide bonds. The number of H-pyrrole nitrogens is 1. The van der Waals surface area contributed by atoms with Gasteiger partial charge in [-0.05, 0) is 6.42 Å². The second kappa shape index (κ2) is 3.89. The van der Waals surface area contributed by atoms with Crippen LogP contribution in [0.5, 0.6) is 0 Å². The average molecular weight is 203 g/mol. The molecule has 1 aromatic heterocycles. The van der Waals surface area contributed by atoms with Crippen LogP contribution in [0.3, 0.4) is 0 Å². The van der Waals surface area contributed by atoms with E-state index in [0.717, 1.165) is 6.42 Å². The van der Waals surface area contributed by atoms with E-state index in [-0.39, 0.29) is 4.90 Å². The molecule has 1 rings (SSSR count). The minimum absolute atomic E-state index is 0.212. The van der Waals surface area contributed by atoms with Gasteiger partial charge in [-0.3, -0.25) is 5.10 Å². The van der Waals surface area contributed by atoms with E-state index in [9.17, 15) is 8.42 Å². The first-order valence-corrected chi connectivity index (χ1v) is 5.48. The van der Waals surface area contributed by atoms with Gasteiger partial charge in [0.05, 0.1) is 6.20 Å². The number of rotatable bonds is 4. The zero-order valence-electron chi connectivity index (χ0n) is 7.69. The van der Waals surface area contributed by atoms with Crippen molar-refractivity contribution in [1.82, 2.24) is 14.5 Å². The molecule has 0 unspecified atom stereocenters. The highest BCUT2D eigenvalue weighted by atomic mass is 32.2. The second-order valence-corrected chi connectivity index (χ2v) is 4.81. The SMILES string of the molecule is CCCN(C)S(=O)(=O)c1cn[nH]c1. The maximum Gasteiger partial charge on any atom is 0.245 e. The van der Waals surface area contributed by atoms with Crippen LogP contribution in [0.4, 0.5) is 0 Å². The molecule has 74 valence electrons. The molecule has 1 aromatic rings. The van der Waals surface area contributed by atoms with Crippen LogP contribution < -0.4 is 0 Å². The monoisotopic (exact) mass is 203 g/mol. The number of nitrogens with one attached hydrogen (secondary N) is 1. The van der Waals surface area contributed by atoms with Crippen LogP contribution in [0.2, 0.25) is 0 Å². The van der Waals surface area contributed by atoms with E-state index in [0.29, 0.717) is 6.54 Å². The van der Waals surface area contributed by atoms with Crippen molar-refractivity contribution >= 4 is 10.0 Å². The largest absolute Gasteiger partial charge is 0.284 e. The quantitative estimate of drug-likeness (QED) is 0.772. The molecule has 13 heavy (non-hydrogen) atoms. The topological polar surface area (TPSA) is 66.1 Å². The van der Waals surface area contributed by atoms with E-state index in [1.165, 1.54) is 16.7 Å². The predicted molar refractivity (Wildman–Crippen MR) is 48.7 cm³/mol. The molecule has 0 bridgehead atoms. The van der Waals surface area contributed by atoms with Crippen LogP contribution >= 0.6 is 0 Å². The molecular weight excluding hydrogens is 190 g/mol. The Bertz CT molecular complexity index is 344. The summed E-state index contributed by atoms with van der Waals surface area (Å²) in [5.41, 5.74) is 0. The van der Waals surface area contributed by atoms with Crippen molar-refractivity contribution in [3.63, 3.8) is 0 Å². The third-order valence-electron chi connectivity index (χ3n) is 1.72. The number of nitrogens with zero attached hydrogens (tertiary/aromatic N) is 2. The minimum atomic E-state index is -3.32. The Labute approximate surface area is 77.8 Å². The summed E-state index contributed by atoms with van der Waals surface area (Å²) in [6.45, 7) is 2.45. The summed E-state index contributed by atoms with van der Waals surface area (Å²) in [5, 5.41) is 6.08. The third-order valence-corrected chi connectivity index (χ3v) is 3.54. The van der Waals surface area contributed by atoms with Gasteiger partial charge in [-0.15, -0.1) is 0 Å². The first-order chi connectivity index (χ1) is 6.09. The molecular formula is C7H13N3O2S. The number of sulfonamides is 1. The van der Waals surface area contributed by atoms with E-state index in [1.807, 2.05) is 6.92 Å². The van der Waals surface area contributed by atoms with Gasteiger partial charge in [0.1, 0.15) is 4.90 Å². The molecule has 0 aliphatic rings. The van der Waals surface area contributed by atoms with E-state index in [4.69, 9.17) is 0 Å². The van der Waals surface area contributed by atoms with Crippen LogP contribution in [0, 0.1) is 0 Å². The van der Waals surface area contributed by atoms with Crippen molar-refractivity contribution in [3.05, 3.63) is 12.4 Å². The lowest BCUT2D eigenvalue weighted by Gasteiger charge is -2.14. The zero-order chi connectivity index (χ0) is 9.90. The molecule has 0 radical (unpaired) electrons. The van der Waals surface area contributed by atoms with Crippen molar-refractivity contribution in [2.75, 3.05) is 13.6 Å². The highest BCUT2D eigenvalue weighted by molar-refractivity contribution is 7.89. The van der Waals surface area contributed by atoms with Crippen molar-refractivity contribution in [2.24, 2.45) is 0 Å². The molecule has 0 aromatic carbocycles. The summed E-state index contributed by atoms with van der Waals surface area (Å²) in [6.07, 6.45) is 3.48. The van der Waals surface area contributed by atoms with Crippen molar-refractivity contribution in [1.29, 1.82) is 0 Å². The van der Waals surface area contributed by atoms with E-state index < -0.39 is 10.0 Å². The fraction of sp³-hybridized carbons (Fsp3) is 0.571. The van der Waals surface area contributed by atoms with E-state index in [2.05, 4.69) is 10.2 Å². The highest BCUT2D eigenvalue weighted by Crippen LogP contribution is 2.11. The maximum absolute atomic E-state index is 11.6. The van der Waals surface area contributed by atoms with Crippen LogP contribution in [0.1, 0.15) is 13.3 Å². The van der Waals surface area contributed by atoms with Gasteiger partial charge in [0.2, 0.25) is 10.0 Å². The standard InChI is InChI=1S/C7H13N3O2S/c1-3-4-10(2)13(11,12)7-5-8-9-6-7/h5-6H,3-4H2,1-2H3,(H,8,9). The lowest BCUT2D eigenvalue weighted by atomic mass is 10.5. The van der Waals surface area contributed by atoms with E-state index in [1.54, 1.807) is 7.05 Å². The van der Waals surface area contributed by atoms with Crippen LogP contribution in [0.15, 0.2) is 17.3 Å². The molecule has 0 aliphatic heterocycles. The van der Waals surface area contributed by atoms with Gasteiger partial charge in [0.15, 0.2) is 0 Å². The van der Waals surface area contributed by atoms with Crippen LogP contribution in [-0.2, 0) is 10.0 Å². The van der Waals surface area contributed by atoms with Crippen LogP contribution in [0.25, 0.3) is 0 Å². The average Bonchev–Trinajstić information content (AvgIpc) is 2.56. The molecule has 1 N–H and O–H groups in total. The minimum Gasteiger partial charge on any atom is -0.284 e. The Morgan fingerprint density at radius 2 is 2.31 bits per heavy atom. The molecule has 0 aliphatic carbocycles. The van der Waals surface area contributed by atoms with Gasteiger partial charge in [-0.1, -0.05) is 6.92 Å². The summed E-state index contributed by atoms with van der Waals surface area (Å²) in [6, 6.07) is 0. The Kier molecular flexibility index (Phi) is 3.05. The summed E-state index contributed by atoms with van der Waals surface area (Å²) in [7, 11) is -1.76. The number of aromatic amines is 1. The van der Waals surface area contributed by atoms with E-state index >= 15 is 0 Å². The van der Waals surface area contributed by atoms with Gasteiger partial charge < -0.3 is 0 Å². The molecule has 6 heteroatoms. The van der Waals surface area contributed by atoms with Gasteiger partial charge in [-0.25, -0.2) is 12.7 Å². The predicted octanol–water partition coefficient (Wildman–Crippen LogP) is 0.440. The molecule has 0 spiro atoms. The number of aromatic nitrogens is 2. The Morgan fingerprint density at radius 3 is 2.77 bits per heavy atom. The van der Waals surface area contributed by atoms with Gasteiger partial charge in [-0.2, -0.15) is 5.10 Å². The first kappa shape index (κ1) is 10.2. The fourth-order valence-electron chi connectivity index (χ4n) is 0.995. The Hall–Kier alpha value is -0.880. The van der Waals surface area contributed by atoms with Gasteiger partial charge in [0, 0.05) is 19.8 Å². The Balaban J connectivity index is 2.90. The summed E-state index contributed by atoms with van der Waals surface area (Å²) in [4.78, 5) is 0.212. The van der Waals surface area contributed by atoms with Crippen LogP contribution in [-0.4, -0.2) is 36.5 Å². The second-order valence-electron chi connectivity index (χ2n) is 2.76. The molecule has 0 saturated heterocycles. The summed E-state index contributed by atoms with van der Waals surface area (Å²) >= 11 is 0.